The minimum atomic E-state index is -1.91. The SMILES string of the molecule is CC[C@@]1(O)C(=O)OCc2c1cc1n(c2=O)Cc2c-1nc1cc(C)c(C)c3c1c2[C@H](NC(=O)C(O)C(C)(C)C)CC3. The highest BCUT2D eigenvalue weighted by Gasteiger charge is 2.46. The fourth-order valence-corrected chi connectivity index (χ4v) is 6.52. The Hall–Kier alpha value is -3.56. The summed E-state index contributed by atoms with van der Waals surface area (Å²) >= 11 is 0. The van der Waals surface area contributed by atoms with Gasteiger partial charge in [-0.25, -0.2) is 9.78 Å². The molecular formula is C31H35N3O6. The van der Waals surface area contributed by atoms with E-state index in [1.54, 1.807) is 17.6 Å². The van der Waals surface area contributed by atoms with E-state index >= 15 is 0 Å². The molecule has 6 rings (SSSR count). The molecule has 3 aromatic rings. The summed E-state index contributed by atoms with van der Waals surface area (Å²) in [4.78, 5) is 44.6. The Kier molecular flexibility index (Phi) is 5.81. The third kappa shape index (κ3) is 3.60. The van der Waals surface area contributed by atoms with Gasteiger partial charge in [0.25, 0.3) is 5.56 Å². The minimum absolute atomic E-state index is 0.0665. The van der Waals surface area contributed by atoms with Crippen molar-refractivity contribution in [3.8, 4) is 11.4 Å². The molecule has 0 bridgehead atoms. The number of fused-ring (bicyclic) bond motifs is 5. The Morgan fingerprint density at radius 1 is 1.23 bits per heavy atom. The van der Waals surface area contributed by atoms with Crippen molar-refractivity contribution in [1.29, 1.82) is 0 Å². The predicted octanol–water partition coefficient (Wildman–Crippen LogP) is 3.21. The Bertz CT molecular complexity index is 1700. The highest BCUT2D eigenvalue weighted by Crippen LogP contribution is 2.46. The number of nitrogens with zero attached hydrogens (tertiary/aromatic N) is 2. The van der Waals surface area contributed by atoms with Gasteiger partial charge in [0.1, 0.15) is 12.7 Å². The monoisotopic (exact) mass is 545 g/mol. The fraction of sp³-hybridized carbons (Fsp3) is 0.484. The van der Waals surface area contributed by atoms with Crippen LogP contribution in [0, 0.1) is 19.3 Å². The number of carbonyl (C=O) groups excluding carboxylic acids is 2. The number of esters is 1. The molecule has 4 heterocycles. The largest absolute Gasteiger partial charge is 0.458 e. The summed E-state index contributed by atoms with van der Waals surface area (Å²) in [5.74, 6) is -1.20. The molecule has 0 saturated heterocycles. The lowest BCUT2D eigenvalue weighted by Crippen LogP contribution is -2.44. The Balaban J connectivity index is 1.60. The van der Waals surface area contributed by atoms with Crippen LogP contribution >= 0.6 is 0 Å². The number of rotatable bonds is 3. The number of aryl methyl sites for hydroxylation is 2. The van der Waals surface area contributed by atoms with Crippen molar-refractivity contribution in [3.05, 3.63) is 61.4 Å². The Morgan fingerprint density at radius 2 is 1.95 bits per heavy atom. The number of hydrogen-bond donors (Lipinski definition) is 3. The second-order valence-corrected chi connectivity index (χ2v) is 12.5. The highest BCUT2D eigenvalue weighted by atomic mass is 16.6. The molecule has 0 saturated carbocycles. The lowest BCUT2D eigenvalue weighted by molar-refractivity contribution is -0.172. The van der Waals surface area contributed by atoms with Crippen molar-refractivity contribution in [3.63, 3.8) is 0 Å². The van der Waals surface area contributed by atoms with Crippen LogP contribution in [0.2, 0.25) is 0 Å². The molecule has 0 fully saturated rings. The van der Waals surface area contributed by atoms with E-state index in [-0.39, 0.29) is 42.3 Å². The molecule has 9 heteroatoms. The van der Waals surface area contributed by atoms with Gasteiger partial charge in [-0.15, -0.1) is 0 Å². The smallest absolute Gasteiger partial charge is 0.343 e. The van der Waals surface area contributed by atoms with E-state index in [0.717, 1.165) is 34.0 Å². The maximum absolute atomic E-state index is 13.8. The number of amides is 1. The lowest BCUT2D eigenvalue weighted by Gasteiger charge is -2.32. The molecule has 2 aromatic heterocycles. The zero-order chi connectivity index (χ0) is 28.9. The van der Waals surface area contributed by atoms with Gasteiger partial charge in [0.15, 0.2) is 5.60 Å². The molecule has 3 N–H and O–H groups in total. The van der Waals surface area contributed by atoms with Gasteiger partial charge in [0.05, 0.1) is 35.1 Å². The van der Waals surface area contributed by atoms with Gasteiger partial charge >= 0.3 is 5.97 Å². The first kappa shape index (κ1) is 26.7. The number of benzene rings is 1. The summed E-state index contributed by atoms with van der Waals surface area (Å²) in [7, 11) is 0. The van der Waals surface area contributed by atoms with E-state index in [0.29, 0.717) is 17.8 Å². The van der Waals surface area contributed by atoms with Crippen molar-refractivity contribution in [2.24, 2.45) is 5.41 Å². The van der Waals surface area contributed by atoms with Gasteiger partial charge in [-0.2, -0.15) is 0 Å². The number of aromatic nitrogens is 2. The number of pyridine rings is 2. The number of hydrogen-bond acceptors (Lipinski definition) is 7. The molecule has 2 aliphatic heterocycles. The van der Waals surface area contributed by atoms with Gasteiger partial charge < -0.3 is 24.8 Å². The molecule has 210 valence electrons. The van der Waals surface area contributed by atoms with Crippen LogP contribution in [0.5, 0.6) is 0 Å². The van der Waals surface area contributed by atoms with E-state index in [1.807, 2.05) is 26.8 Å². The molecule has 40 heavy (non-hydrogen) atoms. The number of carbonyl (C=O) groups is 2. The van der Waals surface area contributed by atoms with Crippen molar-refractivity contribution in [1.82, 2.24) is 14.9 Å². The van der Waals surface area contributed by atoms with Crippen molar-refractivity contribution in [2.75, 3.05) is 0 Å². The Labute approximate surface area is 232 Å². The molecule has 9 nitrogen and oxygen atoms in total. The number of ether oxygens (including phenoxy) is 1. The summed E-state index contributed by atoms with van der Waals surface area (Å²) in [5.41, 5.74) is 4.80. The van der Waals surface area contributed by atoms with Crippen LogP contribution in [-0.4, -0.2) is 37.7 Å². The van der Waals surface area contributed by atoms with E-state index in [4.69, 9.17) is 9.72 Å². The van der Waals surface area contributed by atoms with Crippen molar-refractivity contribution >= 4 is 22.8 Å². The summed E-state index contributed by atoms with van der Waals surface area (Å²) in [6, 6.07) is 3.36. The second kappa shape index (κ2) is 8.72. The molecule has 0 radical (unpaired) electrons. The first-order valence-corrected chi connectivity index (χ1v) is 13.9. The molecule has 1 aliphatic carbocycles. The van der Waals surface area contributed by atoms with Crippen LogP contribution in [0.25, 0.3) is 22.3 Å². The van der Waals surface area contributed by atoms with E-state index < -0.39 is 29.0 Å². The first-order chi connectivity index (χ1) is 18.8. The van der Waals surface area contributed by atoms with Gasteiger partial charge in [0.2, 0.25) is 5.91 Å². The van der Waals surface area contributed by atoms with E-state index in [2.05, 4.69) is 19.2 Å². The topological polar surface area (TPSA) is 131 Å². The first-order valence-electron chi connectivity index (χ1n) is 13.9. The van der Waals surface area contributed by atoms with Crippen LogP contribution in [0.15, 0.2) is 16.9 Å². The standard InChI is InChI=1S/C31H35N3O6/c1-7-31(39)19-11-22-25-17(12-34(22)28(37)18(19)13-40-29(31)38)24-20(33-27(36)26(35)30(4,5)6)9-8-16-15(3)14(2)10-21(32-25)23(16)24/h10-11,20,26,35,39H,7-9,12-13H2,1-6H3,(H,33,36)/t20-,26?,31+/m1/s1. The molecule has 0 spiro atoms. The average molecular weight is 546 g/mol. The van der Waals surface area contributed by atoms with Gasteiger partial charge in [0, 0.05) is 16.5 Å². The zero-order valence-corrected chi connectivity index (χ0v) is 23.8. The van der Waals surface area contributed by atoms with E-state index in [9.17, 15) is 24.6 Å². The normalized spacial score (nSPS) is 21.9. The van der Waals surface area contributed by atoms with Crippen LogP contribution in [-0.2, 0) is 39.5 Å². The van der Waals surface area contributed by atoms with E-state index in [1.165, 1.54) is 11.1 Å². The maximum atomic E-state index is 13.8. The number of aliphatic hydroxyl groups is 2. The predicted molar refractivity (Wildman–Crippen MR) is 149 cm³/mol. The zero-order valence-electron chi connectivity index (χ0n) is 23.8. The molecule has 3 aliphatic rings. The average Bonchev–Trinajstić information content (AvgIpc) is 3.27. The van der Waals surface area contributed by atoms with Crippen LogP contribution in [0.1, 0.15) is 85.5 Å². The Morgan fingerprint density at radius 3 is 2.62 bits per heavy atom. The summed E-state index contributed by atoms with van der Waals surface area (Å²) in [5, 5.41) is 26.0. The third-order valence-corrected chi connectivity index (χ3v) is 9.09. The molecular weight excluding hydrogens is 510 g/mol. The summed E-state index contributed by atoms with van der Waals surface area (Å²) in [6.45, 7) is 11.3. The summed E-state index contributed by atoms with van der Waals surface area (Å²) < 4.78 is 6.83. The highest BCUT2D eigenvalue weighted by molar-refractivity contribution is 5.94. The number of aliphatic hydroxyl groups excluding tert-OH is 1. The summed E-state index contributed by atoms with van der Waals surface area (Å²) in [6.07, 6.45) is 0.273. The fourth-order valence-electron chi connectivity index (χ4n) is 6.52. The quantitative estimate of drug-likeness (QED) is 0.337. The van der Waals surface area contributed by atoms with Crippen LogP contribution in [0.3, 0.4) is 0 Å². The van der Waals surface area contributed by atoms with Gasteiger partial charge in [-0.3, -0.25) is 9.59 Å². The molecule has 1 aromatic carbocycles. The van der Waals surface area contributed by atoms with Crippen molar-refractivity contribution < 1.29 is 24.5 Å². The molecule has 1 amide bonds. The third-order valence-electron chi connectivity index (χ3n) is 9.09. The van der Waals surface area contributed by atoms with Crippen LogP contribution in [0.4, 0.5) is 0 Å². The minimum Gasteiger partial charge on any atom is -0.458 e. The number of nitrogens with one attached hydrogen (secondary N) is 1. The van der Waals surface area contributed by atoms with Gasteiger partial charge in [-0.05, 0) is 72.9 Å². The lowest BCUT2D eigenvalue weighted by atomic mass is 9.80. The second-order valence-electron chi connectivity index (χ2n) is 12.5. The van der Waals surface area contributed by atoms with Crippen LogP contribution < -0.4 is 10.9 Å². The van der Waals surface area contributed by atoms with Gasteiger partial charge in [-0.1, -0.05) is 27.7 Å². The van der Waals surface area contributed by atoms with Crippen molar-refractivity contribution in [2.45, 2.75) is 91.7 Å². The molecule has 3 atom stereocenters. The molecule has 1 unspecified atom stereocenters. The number of cyclic esters (lactones) is 1. The maximum Gasteiger partial charge on any atom is 0.343 e.